The van der Waals surface area contributed by atoms with Crippen LogP contribution in [0.2, 0.25) is 0 Å². The number of halogens is 3. The Morgan fingerprint density at radius 3 is 2.36 bits per heavy atom. The van der Waals surface area contributed by atoms with Gasteiger partial charge in [-0.1, -0.05) is 0 Å². The van der Waals surface area contributed by atoms with Crippen molar-refractivity contribution in [3.05, 3.63) is 0 Å². The lowest BCUT2D eigenvalue weighted by Crippen LogP contribution is -2.60. The summed E-state index contributed by atoms with van der Waals surface area (Å²) in [6.45, 7) is 0.200. The minimum atomic E-state index is -4.89. The topological polar surface area (TPSA) is 73.1 Å². The Bertz CT molecular complexity index is 259. The van der Waals surface area contributed by atoms with Gasteiger partial charge in [-0.2, -0.15) is 18.4 Å². The molecule has 0 aliphatic heterocycles. The Labute approximate surface area is 78.3 Å². The van der Waals surface area contributed by atoms with Crippen molar-refractivity contribution in [1.29, 1.82) is 5.26 Å². The lowest BCUT2D eigenvalue weighted by molar-refractivity contribution is -0.205. The van der Waals surface area contributed by atoms with E-state index in [9.17, 15) is 18.0 Å². The molecule has 1 unspecified atom stereocenters. The summed E-state index contributed by atoms with van der Waals surface area (Å²) in [5, 5.41) is 18.3. The van der Waals surface area contributed by atoms with Gasteiger partial charge in [0.05, 0.1) is 6.07 Å². The molecule has 0 bridgehead atoms. The van der Waals surface area contributed by atoms with E-state index in [0.717, 1.165) is 0 Å². The zero-order valence-corrected chi connectivity index (χ0v) is 7.35. The first kappa shape index (κ1) is 12.7. The Balaban J connectivity index is 4.60. The number of hydrogen-bond donors (Lipinski definition) is 2. The van der Waals surface area contributed by atoms with Gasteiger partial charge in [-0.05, 0) is 6.92 Å². The van der Waals surface area contributed by atoms with Gasteiger partial charge in [-0.15, -0.1) is 0 Å². The molecule has 0 radical (unpaired) electrons. The molecule has 0 heterocycles. The molecule has 0 aromatic heterocycles. The van der Waals surface area contributed by atoms with Crippen molar-refractivity contribution in [1.82, 2.24) is 5.32 Å². The summed E-state index contributed by atoms with van der Waals surface area (Å²) in [6, 6.07) is 1.61. The standard InChI is InChI=1S/C7H9F3N2O2/c1-6(5(13)14,7(8,9)10)12-4-2-3-11/h12H,2,4H2,1H3,(H,13,14). The van der Waals surface area contributed by atoms with E-state index in [2.05, 4.69) is 0 Å². The summed E-state index contributed by atoms with van der Waals surface area (Å²) < 4.78 is 36.8. The third kappa shape index (κ3) is 2.60. The second-order valence-electron chi connectivity index (χ2n) is 2.76. The molecule has 0 saturated carbocycles. The van der Waals surface area contributed by atoms with E-state index in [4.69, 9.17) is 10.4 Å². The van der Waals surface area contributed by atoms with Crippen molar-refractivity contribution in [2.24, 2.45) is 0 Å². The third-order valence-corrected chi connectivity index (χ3v) is 1.71. The van der Waals surface area contributed by atoms with Gasteiger partial charge < -0.3 is 5.11 Å². The SMILES string of the molecule is CC(NCCC#N)(C(=O)O)C(F)(F)F. The molecular weight excluding hydrogens is 201 g/mol. The number of carboxylic acids is 1. The fourth-order valence-corrected chi connectivity index (χ4v) is 0.665. The second-order valence-corrected chi connectivity index (χ2v) is 2.76. The van der Waals surface area contributed by atoms with Crippen molar-refractivity contribution in [2.75, 3.05) is 6.54 Å². The smallest absolute Gasteiger partial charge is 0.417 e. The molecule has 2 N–H and O–H groups in total. The molecule has 0 rings (SSSR count). The van der Waals surface area contributed by atoms with Gasteiger partial charge in [0.25, 0.3) is 0 Å². The van der Waals surface area contributed by atoms with Crippen LogP contribution < -0.4 is 5.32 Å². The highest BCUT2D eigenvalue weighted by Crippen LogP contribution is 2.30. The van der Waals surface area contributed by atoms with Crippen LogP contribution in [0.4, 0.5) is 13.2 Å². The molecule has 0 aromatic carbocycles. The van der Waals surface area contributed by atoms with Crippen LogP contribution in [0.1, 0.15) is 13.3 Å². The van der Waals surface area contributed by atoms with Crippen LogP contribution in [0, 0.1) is 11.3 Å². The van der Waals surface area contributed by atoms with Gasteiger partial charge in [-0.3, -0.25) is 5.32 Å². The molecule has 4 nitrogen and oxygen atoms in total. The molecule has 1 atom stereocenters. The maximum absolute atomic E-state index is 12.3. The minimum absolute atomic E-state index is 0.182. The van der Waals surface area contributed by atoms with Gasteiger partial charge >= 0.3 is 12.1 Å². The molecule has 0 fully saturated rings. The fourth-order valence-electron chi connectivity index (χ4n) is 0.665. The maximum atomic E-state index is 12.3. The van der Waals surface area contributed by atoms with Gasteiger partial charge in [0, 0.05) is 13.0 Å². The van der Waals surface area contributed by atoms with Gasteiger partial charge in [0.15, 0.2) is 0 Å². The Hall–Kier alpha value is -1.29. The van der Waals surface area contributed by atoms with Gasteiger partial charge in [0.1, 0.15) is 0 Å². The van der Waals surface area contributed by atoms with Crippen molar-refractivity contribution in [3.63, 3.8) is 0 Å². The number of carbonyl (C=O) groups is 1. The van der Waals surface area contributed by atoms with Crippen molar-refractivity contribution in [2.45, 2.75) is 25.1 Å². The van der Waals surface area contributed by atoms with Gasteiger partial charge in [0.2, 0.25) is 5.54 Å². The zero-order valence-electron chi connectivity index (χ0n) is 7.35. The summed E-state index contributed by atoms with van der Waals surface area (Å²) in [4.78, 5) is 10.4. The normalized spacial score (nSPS) is 15.6. The Kier molecular flexibility index (Phi) is 3.89. The van der Waals surface area contributed by atoms with E-state index >= 15 is 0 Å². The van der Waals surface area contributed by atoms with Crippen LogP contribution in [0.3, 0.4) is 0 Å². The summed E-state index contributed by atoms with van der Waals surface area (Å²) in [6.07, 6.45) is -5.08. The van der Waals surface area contributed by atoms with E-state index in [0.29, 0.717) is 6.92 Å². The molecule has 0 saturated heterocycles. The highest BCUT2D eigenvalue weighted by Gasteiger charge is 2.56. The van der Waals surface area contributed by atoms with Crippen LogP contribution in [0.25, 0.3) is 0 Å². The zero-order chi connectivity index (χ0) is 11.4. The molecule has 80 valence electrons. The van der Waals surface area contributed by atoms with Gasteiger partial charge in [-0.25, -0.2) is 4.79 Å². The maximum Gasteiger partial charge on any atom is 0.417 e. The van der Waals surface area contributed by atoms with Crippen LogP contribution in [-0.2, 0) is 4.79 Å². The second kappa shape index (κ2) is 4.28. The average Bonchev–Trinajstić information content (AvgIpc) is 2.02. The minimum Gasteiger partial charge on any atom is -0.480 e. The number of aliphatic carboxylic acids is 1. The summed E-state index contributed by atoms with van der Waals surface area (Å²) in [5.74, 6) is -2.01. The molecular formula is C7H9F3N2O2. The van der Waals surface area contributed by atoms with E-state index < -0.39 is 17.7 Å². The monoisotopic (exact) mass is 210 g/mol. The highest BCUT2D eigenvalue weighted by atomic mass is 19.4. The summed E-state index contributed by atoms with van der Waals surface area (Å²) in [5.41, 5.74) is -3.00. The van der Waals surface area contributed by atoms with E-state index in [-0.39, 0.29) is 13.0 Å². The number of alkyl halides is 3. The van der Waals surface area contributed by atoms with Crippen LogP contribution in [0.5, 0.6) is 0 Å². The molecule has 0 spiro atoms. The predicted octanol–water partition coefficient (Wildman–Crippen LogP) is 0.895. The third-order valence-electron chi connectivity index (χ3n) is 1.71. The lowest BCUT2D eigenvalue weighted by atomic mass is 10.0. The molecule has 0 aliphatic rings. The number of hydrogen-bond acceptors (Lipinski definition) is 3. The van der Waals surface area contributed by atoms with Crippen LogP contribution in [-0.4, -0.2) is 29.3 Å². The molecule has 0 amide bonds. The first-order valence-corrected chi connectivity index (χ1v) is 3.68. The fraction of sp³-hybridized carbons (Fsp3) is 0.714. The Morgan fingerprint density at radius 2 is 2.07 bits per heavy atom. The molecule has 0 aliphatic carbocycles. The average molecular weight is 210 g/mol. The lowest BCUT2D eigenvalue weighted by Gasteiger charge is -2.28. The van der Waals surface area contributed by atoms with Crippen LogP contribution >= 0.6 is 0 Å². The van der Waals surface area contributed by atoms with E-state index in [1.807, 2.05) is 0 Å². The number of nitriles is 1. The molecule has 14 heavy (non-hydrogen) atoms. The van der Waals surface area contributed by atoms with Crippen molar-refractivity contribution >= 4 is 5.97 Å². The highest BCUT2D eigenvalue weighted by molar-refractivity contribution is 5.79. The van der Waals surface area contributed by atoms with E-state index in [1.54, 1.807) is 11.4 Å². The molecule has 0 aromatic rings. The summed E-state index contributed by atoms with van der Waals surface area (Å²) in [7, 11) is 0. The summed E-state index contributed by atoms with van der Waals surface area (Å²) >= 11 is 0. The van der Waals surface area contributed by atoms with Crippen LogP contribution in [0.15, 0.2) is 0 Å². The number of nitrogens with one attached hydrogen (secondary N) is 1. The first-order valence-electron chi connectivity index (χ1n) is 3.68. The predicted molar refractivity (Wildman–Crippen MR) is 40.3 cm³/mol. The largest absolute Gasteiger partial charge is 0.480 e. The first-order chi connectivity index (χ1) is 6.25. The molecule has 7 heteroatoms. The quantitative estimate of drug-likeness (QED) is 0.676. The number of rotatable bonds is 4. The van der Waals surface area contributed by atoms with Crippen molar-refractivity contribution in [3.8, 4) is 6.07 Å². The number of carboxylic acid groups (broad SMARTS) is 1. The van der Waals surface area contributed by atoms with E-state index in [1.165, 1.54) is 0 Å². The number of nitrogens with zero attached hydrogens (tertiary/aromatic N) is 1. The van der Waals surface area contributed by atoms with Crippen molar-refractivity contribution < 1.29 is 23.1 Å². The Morgan fingerprint density at radius 1 is 1.57 bits per heavy atom.